The van der Waals surface area contributed by atoms with Crippen LogP contribution in [0.3, 0.4) is 0 Å². The van der Waals surface area contributed by atoms with Crippen LogP contribution in [-0.2, 0) is 9.61 Å². The molecule has 1 aromatic rings. The zero-order valence-electron chi connectivity index (χ0n) is 5.96. The van der Waals surface area contributed by atoms with Crippen LogP contribution >= 0.6 is 11.6 Å². The van der Waals surface area contributed by atoms with Crippen molar-refractivity contribution in [2.45, 2.75) is 4.87 Å². The number of hydrogen-bond donors (Lipinski definition) is 0. The van der Waals surface area contributed by atoms with E-state index in [2.05, 4.69) is 4.98 Å². The monoisotopic (exact) mass is 169 g/mol. The number of nitrogens with zero attached hydrogens (tertiary/aromatic N) is 1. The minimum Gasteiger partial charge on any atom is -0.377 e. The van der Waals surface area contributed by atoms with E-state index in [4.69, 9.17) is 16.3 Å². The van der Waals surface area contributed by atoms with Crippen molar-refractivity contribution in [3.8, 4) is 0 Å². The van der Waals surface area contributed by atoms with E-state index in [1.807, 2.05) is 12.1 Å². The fourth-order valence-electron chi connectivity index (χ4n) is 1.10. The second-order valence-corrected chi connectivity index (χ2v) is 3.42. The minimum absolute atomic E-state index is 0.275. The number of rotatable bonds is 1. The second-order valence-electron chi connectivity index (χ2n) is 2.69. The molecule has 1 fully saturated rings. The number of halogens is 1. The molecule has 11 heavy (non-hydrogen) atoms. The van der Waals surface area contributed by atoms with E-state index in [1.54, 1.807) is 12.4 Å². The minimum atomic E-state index is -0.275. The molecular formula is C8H8ClNO. The van der Waals surface area contributed by atoms with Crippen LogP contribution in [0.25, 0.3) is 0 Å². The highest BCUT2D eigenvalue weighted by molar-refractivity contribution is 6.24. The van der Waals surface area contributed by atoms with Gasteiger partial charge >= 0.3 is 0 Å². The smallest absolute Gasteiger partial charge is 0.116 e. The van der Waals surface area contributed by atoms with E-state index in [0.29, 0.717) is 13.2 Å². The van der Waals surface area contributed by atoms with Crippen molar-refractivity contribution in [1.82, 2.24) is 4.98 Å². The van der Waals surface area contributed by atoms with Gasteiger partial charge in [-0.3, -0.25) is 4.98 Å². The van der Waals surface area contributed by atoms with Crippen molar-refractivity contribution in [3.63, 3.8) is 0 Å². The fourth-order valence-corrected chi connectivity index (χ4v) is 1.38. The van der Waals surface area contributed by atoms with Gasteiger partial charge in [0.25, 0.3) is 0 Å². The van der Waals surface area contributed by atoms with Gasteiger partial charge in [-0.1, -0.05) is 0 Å². The Kier molecular flexibility index (Phi) is 1.59. The Bertz CT molecular complexity index is 246. The van der Waals surface area contributed by atoms with Gasteiger partial charge in [-0.15, -0.1) is 11.6 Å². The topological polar surface area (TPSA) is 22.1 Å². The van der Waals surface area contributed by atoms with Gasteiger partial charge in [0.05, 0.1) is 13.2 Å². The predicted molar refractivity (Wildman–Crippen MR) is 42.6 cm³/mol. The molecule has 1 aromatic heterocycles. The third kappa shape index (κ3) is 1.12. The first-order valence-electron chi connectivity index (χ1n) is 3.48. The molecule has 0 atom stereocenters. The van der Waals surface area contributed by atoms with Crippen LogP contribution < -0.4 is 0 Å². The lowest BCUT2D eigenvalue weighted by molar-refractivity contribution is -0.0152. The van der Waals surface area contributed by atoms with Crippen molar-refractivity contribution in [3.05, 3.63) is 30.1 Å². The van der Waals surface area contributed by atoms with Crippen LogP contribution in [0.4, 0.5) is 0 Å². The van der Waals surface area contributed by atoms with E-state index in [0.717, 1.165) is 5.56 Å². The Balaban J connectivity index is 2.29. The number of aromatic nitrogens is 1. The zero-order valence-corrected chi connectivity index (χ0v) is 6.71. The summed E-state index contributed by atoms with van der Waals surface area (Å²) >= 11 is 6.18. The molecule has 2 rings (SSSR count). The maximum Gasteiger partial charge on any atom is 0.116 e. The Hall–Kier alpha value is -0.600. The Morgan fingerprint density at radius 3 is 2.45 bits per heavy atom. The molecule has 0 radical (unpaired) electrons. The van der Waals surface area contributed by atoms with Crippen molar-refractivity contribution < 1.29 is 4.74 Å². The molecule has 0 unspecified atom stereocenters. The molecule has 0 saturated carbocycles. The van der Waals surface area contributed by atoms with Crippen LogP contribution in [-0.4, -0.2) is 18.2 Å². The molecule has 0 aromatic carbocycles. The van der Waals surface area contributed by atoms with Crippen LogP contribution in [0, 0.1) is 0 Å². The van der Waals surface area contributed by atoms with Crippen molar-refractivity contribution in [1.29, 1.82) is 0 Å². The molecule has 0 amide bonds. The largest absolute Gasteiger partial charge is 0.377 e. The lowest BCUT2D eigenvalue weighted by atomic mass is 9.98. The first-order valence-corrected chi connectivity index (χ1v) is 3.86. The summed E-state index contributed by atoms with van der Waals surface area (Å²) in [5.74, 6) is 0. The summed E-state index contributed by atoms with van der Waals surface area (Å²) in [7, 11) is 0. The molecule has 1 saturated heterocycles. The van der Waals surface area contributed by atoms with E-state index in [9.17, 15) is 0 Å². The molecule has 0 aliphatic carbocycles. The van der Waals surface area contributed by atoms with Gasteiger partial charge in [-0.25, -0.2) is 0 Å². The van der Waals surface area contributed by atoms with Gasteiger partial charge in [0.15, 0.2) is 0 Å². The highest BCUT2D eigenvalue weighted by atomic mass is 35.5. The van der Waals surface area contributed by atoms with Gasteiger partial charge in [0, 0.05) is 12.4 Å². The van der Waals surface area contributed by atoms with Gasteiger partial charge in [-0.05, 0) is 17.7 Å². The SMILES string of the molecule is ClC1(c2ccncc2)COC1. The summed E-state index contributed by atoms with van der Waals surface area (Å²) in [5, 5.41) is 0. The summed E-state index contributed by atoms with van der Waals surface area (Å²) in [6, 6.07) is 3.85. The van der Waals surface area contributed by atoms with Crippen LogP contribution in [0.15, 0.2) is 24.5 Å². The van der Waals surface area contributed by atoms with Crippen molar-refractivity contribution >= 4 is 11.6 Å². The molecule has 1 aliphatic heterocycles. The first kappa shape index (κ1) is 7.07. The number of alkyl halides is 1. The fraction of sp³-hybridized carbons (Fsp3) is 0.375. The molecule has 0 N–H and O–H groups in total. The highest BCUT2D eigenvalue weighted by Crippen LogP contribution is 2.35. The quantitative estimate of drug-likeness (QED) is 0.595. The van der Waals surface area contributed by atoms with Gasteiger partial charge in [0.2, 0.25) is 0 Å². The molecule has 1 aliphatic rings. The molecule has 2 heterocycles. The Morgan fingerprint density at radius 1 is 1.36 bits per heavy atom. The molecule has 58 valence electrons. The summed E-state index contributed by atoms with van der Waals surface area (Å²) in [6.45, 7) is 1.22. The van der Waals surface area contributed by atoms with Gasteiger partial charge in [0.1, 0.15) is 4.87 Å². The van der Waals surface area contributed by atoms with Crippen LogP contribution in [0.1, 0.15) is 5.56 Å². The average Bonchev–Trinajstić information content (AvgIpc) is 2.02. The van der Waals surface area contributed by atoms with Crippen LogP contribution in [0.2, 0.25) is 0 Å². The summed E-state index contributed by atoms with van der Waals surface area (Å²) in [4.78, 5) is 3.64. The second kappa shape index (κ2) is 2.47. The summed E-state index contributed by atoms with van der Waals surface area (Å²) in [6.07, 6.45) is 3.50. The molecular weight excluding hydrogens is 162 g/mol. The average molecular weight is 170 g/mol. The number of ether oxygens (including phenoxy) is 1. The van der Waals surface area contributed by atoms with Crippen LogP contribution in [0.5, 0.6) is 0 Å². The van der Waals surface area contributed by atoms with Gasteiger partial charge < -0.3 is 4.74 Å². The molecule has 0 bridgehead atoms. The number of pyridine rings is 1. The van der Waals surface area contributed by atoms with Crippen molar-refractivity contribution in [2.24, 2.45) is 0 Å². The molecule has 0 spiro atoms. The highest BCUT2D eigenvalue weighted by Gasteiger charge is 2.37. The zero-order chi connectivity index (χ0) is 7.73. The number of hydrogen-bond acceptors (Lipinski definition) is 2. The standard InChI is InChI=1S/C8H8ClNO/c9-8(5-11-6-8)7-1-3-10-4-2-7/h1-4H,5-6H2. The molecule has 3 heteroatoms. The Morgan fingerprint density at radius 2 is 2.00 bits per heavy atom. The Labute approximate surface area is 70.2 Å². The normalized spacial score (nSPS) is 20.8. The lowest BCUT2D eigenvalue weighted by Crippen LogP contribution is -2.41. The van der Waals surface area contributed by atoms with Gasteiger partial charge in [-0.2, -0.15) is 0 Å². The van der Waals surface area contributed by atoms with E-state index < -0.39 is 0 Å². The van der Waals surface area contributed by atoms with Crippen molar-refractivity contribution in [2.75, 3.05) is 13.2 Å². The van der Waals surface area contributed by atoms with E-state index in [-0.39, 0.29) is 4.87 Å². The third-order valence-electron chi connectivity index (χ3n) is 1.86. The lowest BCUT2D eigenvalue weighted by Gasteiger charge is -2.35. The maximum absolute atomic E-state index is 6.18. The summed E-state index contributed by atoms with van der Waals surface area (Å²) in [5.41, 5.74) is 1.10. The van der Waals surface area contributed by atoms with E-state index >= 15 is 0 Å². The first-order chi connectivity index (χ1) is 5.31. The predicted octanol–water partition coefficient (Wildman–Crippen LogP) is 1.55. The molecule has 2 nitrogen and oxygen atoms in total. The van der Waals surface area contributed by atoms with E-state index in [1.165, 1.54) is 0 Å². The third-order valence-corrected chi connectivity index (χ3v) is 2.30. The summed E-state index contributed by atoms with van der Waals surface area (Å²) < 4.78 is 5.04. The maximum atomic E-state index is 6.18.